The van der Waals surface area contributed by atoms with Crippen molar-refractivity contribution in [1.29, 1.82) is 0 Å². The fourth-order valence-corrected chi connectivity index (χ4v) is 3.53. The second-order valence-electron chi connectivity index (χ2n) is 7.99. The van der Waals surface area contributed by atoms with Crippen molar-refractivity contribution in [2.75, 3.05) is 0 Å². The van der Waals surface area contributed by atoms with Gasteiger partial charge in [-0.3, -0.25) is 19.4 Å². The molecule has 0 atom stereocenters. The maximum atomic E-state index is 13.0. The van der Waals surface area contributed by atoms with Crippen molar-refractivity contribution in [2.24, 2.45) is 11.5 Å². The number of carbonyl (C=O) groups excluding carboxylic acids is 2. The first-order valence-corrected chi connectivity index (χ1v) is 10.7. The number of nitrogens with zero attached hydrogens (tertiary/aromatic N) is 3. The van der Waals surface area contributed by atoms with Crippen molar-refractivity contribution in [1.82, 2.24) is 25.3 Å². The molecular formula is C25H23N7O3. The van der Waals surface area contributed by atoms with E-state index in [-0.39, 0.29) is 17.5 Å². The monoisotopic (exact) mass is 469 g/mol. The summed E-state index contributed by atoms with van der Waals surface area (Å²) < 4.78 is 0. The fourth-order valence-electron chi connectivity index (χ4n) is 3.53. The van der Waals surface area contributed by atoms with Gasteiger partial charge in [-0.15, -0.1) is 0 Å². The van der Waals surface area contributed by atoms with Gasteiger partial charge in [-0.1, -0.05) is 18.2 Å². The van der Waals surface area contributed by atoms with E-state index in [0.29, 0.717) is 34.1 Å². The molecular weight excluding hydrogens is 446 g/mol. The Morgan fingerprint density at radius 3 is 2.46 bits per heavy atom. The van der Waals surface area contributed by atoms with E-state index in [1.165, 1.54) is 6.20 Å². The van der Waals surface area contributed by atoms with E-state index in [0.717, 1.165) is 11.1 Å². The van der Waals surface area contributed by atoms with Crippen LogP contribution < -0.4 is 22.2 Å². The van der Waals surface area contributed by atoms with Crippen LogP contribution >= 0.6 is 0 Å². The quantitative estimate of drug-likeness (QED) is 0.335. The van der Waals surface area contributed by atoms with E-state index in [1.54, 1.807) is 56.5 Å². The Kier molecular flexibility index (Phi) is 6.36. The summed E-state index contributed by atoms with van der Waals surface area (Å²) in [5.74, 6) is -0.643. The van der Waals surface area contributed by atoms with Crippen LogP contribution in [-0.2, 0) is 6.54 Å². The number of benzene rings is 1. The SMILES string of the molecule is C/C(N)=C/c1nc(C)c2c(=O)c(C(=O)NCc3ccc(-c4ccc(C(N)=O)cc4)nc3)c[nH]c2n1. The zero-order chi connectivity index (χ0) is 25.1. The Morgan fingerprint density at radius 2 is 1.83 bits per heavy atom. The van der Waals surface area contributed by atoms with Gasteiger partial charge >= 0.3 is 0 Å². The molecule has 10 heteroatoms. The summed E-state index contributed by atoms with van der Waals surface area (Å²) in [5.41, 5.74) is 14.5. The standard InChI is InChI=1S/C25H23N7O3/c1-13(26)9-20-31-14(2)21-22(33)18(12-29-24(21)32-20)25(35)30-11-15-3-8-19(28-10-15)16-4-6-17(7-5-16)23(27)34/h3-10,12H,11,26H2,1-2H3,(H2,27,34)(H,30,35)(H,29,31,32,33)/b13-9-. The van der Waals surface area contributed by atoms with Crippen LogP contribution in [-0.4, -0.2) is 31.8 Å². The van der Waals surface area contributed by atoms with Crippen molar-refractivity contribution in [3.8, 4) is 11.3 Å². The molecule has 0 unspecified atom stereocenters. The first kappa shape index (κ1) is 23.3. The molecule has 35 heavy (non-hydrogen) atoms. The molecule has 0 aliphatic rings. The minimum absolute atomic E-state index is 0.0402. The number of aromatic amines is 1. The number of nitrogens with two attached hydrogens (primary N) is 2. The van der Waals surface area contributed by atoms with E-state index >= 15 is 0 Å². The third-order valence-electron chi connectivity index (χ3n) is 5.28. The second-order valence-corrected chi connectivity index (χ2v) is 7.99. The number of pyridine rings is 2. The summed E-state index contributed by atoms with van der Waals surface area (Å²) in [6, 6.07) is 10.4. The molecule has 10 nitrogen and oxygen atoms in total. The van der Waals surface area contributed by atoms with Gasteiger partial charge in [-0.05, 0) is 37.6 Å². The molecule has 0 radical (unpaired) electrons. The Hall–Kier alpha value is -4.86. The molecule has 0 fully saturated rings. The summed E-state index contributed by atoms with van der Waals surface area (Å²) in [7, 11) is 0. The van der Waals surface area contributed by atoms with Gasteiger partial charge < -0.3 is 21.8 Å². The molecule has 4 rings (SSSR count). The highest BCUT2D eigenvalue weighted by Gasteiger charge is 2.16. The molecule has 176 valence electrons. The summed E-state index contributed by atoms with van der Waals surface area (Å²) in [6.45, 7) is 3.57. The maximum Gasteiger partial charge on any atom is 0.257 e. The molecule has 0 aliphatic carbocycles. The van der Waals surface area contributed by atoms with Gasteiger partial charge in [0.05, 0.1) is 16.8 Å². The lowest BCUT2D eigenvalue weighted by Crippen LogP contribution is -2.29. The topological polar surface area (TPSA) is 170 Å². The maximum absolute atomic E-state index is 13.0. The van der Waals surface area contributed by atoms with Crippen LogP contribution in [0.15, 0.2) is 59.3 Å². The van der Waals surface area contributed by atoms with Gasteiger partial charge in [0, 0.05) is 41.8 Å². The lowest BCUT2D eigenvalue weighted by molar-refractivity contribution is 0.0948. The highest BCUT2D eigenvalue weighted by Crippen LogP contribution is 2.18. The van der Waals surface area contributed by atoms with E-state index in [1.807, 2.05) is 6.07 Å². The average molecular weight is 470 g/mol. The third kappa shape index (κ3) is 5.06. The van der Waals surface area contributed by atoms with Gasteiger partial charge in [0.15, 0.2) is 5.82 Å². The van der Waals surface area contributed by atoms with Crippen LogP contribution in [0.4, 0.5) is 0 Å². The van der Waals surface area contributed by atoms with Crippen LogP contribution in [0.25, 0.3) is 28.4 Å². The predicted octanol–water partition coefficient (Wildman–Crippen LogP) is 2.04. The summed E-state index contributed by atoms with van der Waals surface area (Å²) in [4.78, 5) is 52.8. The number of primary amides is 1. The first-order valence-electron chi connectivity index (χ1n) is 10.7. The molecule has 0 aliphatic heterocycles. The predicted molar refractivity (Wildman–Crippen MR) is 132 cm³/mol. The highest BCUT2D eigenvalue weighted by atomic mass is 16.2. The number of allylic oxidation sites excluding steroid dienone is 1. The molecule has 3 aromatic heterocycles. The number of aromatic nitrogens is 4. The van der Waals surface area contributed by atoms with Crippen molar-refractivity contribution < 1.29 is 9.59 Å². The van der Waals surface area contributed by atoms with Crippen molar-refractivity contribution in [2.45, 2.75) is 20.4 Å². The van der Waals surface area contributed by atoms with Crippen LogP contribution in [0.1, 0.15) is 44.7 Å². The Morgan fingerprint density at radius 1 is 1.09 bits per heavy atom. The molecule has 1 aromatic carbocycles. The van der Waals surface area contributed by atoms with Crippen molar-refractivity contribution in [3.05, 3.63) is 92.9 Å². The van der Waals surface area contributed by atoms with Crippen LogP contribution in [0, 0.1) is 6.92 Å². The number of fused-ring (bicyclic) bond motifs is 1. The Labute approximate surface area is 200 Å². The van der Waals surface area contributed by atoms with Gasteiger partial charge in [0.2, 0.25) is 11.3 Å². The molecule has 0 saturated carbocycles. The van der Waals surface area contributed by atoms with E-state index in [2.05, 4.69) is 25.3 Å². The lowest BCUT2D eigenvalue weighted by Gasteiger charge is -2.08. The van der Waals surface area contributed by atoms with Crippen LogP contribution in [0.5, 0.6) is 0 Å². The number of H-pyrrole nitrogens is 1. The highest BCUT2D eigenvalue weighted by molar-refractivity contribution is 5.97. The largest absolute Gasteiger partial charge is 0.402 e. The molecule has 3 heterocycles. The molecule has 6 N–H and O–H groups in total. The minimum atomic E-state index is -0.527. The van der Waals surface area contributed by atoms with E-state index < -0.39 is 17.2 Å². The number of carbonyl (C=O) groups is 2. The molecule has 0 bridgehead atoms. The molecule has 4 aromatic rings. The Balaban J connectivity index is 1.49. The second kappa shape index (κ2) is 9.56. The smallest absolute Gasteiger partial charge is 0.257 e. The normalized spacial score (nSPS) is 11.4. The van der Waals surface area contributed by atoms with Crippen LogP contribution in [0.2, 0.25) is 0 Å². The minimum Gasteiger partial charge on any atom is -0.402 e. The number of hydrogen-bond donors (Lipinski definition) is 4. The fraction of sp³-hybridized carbons (Fsp3) is 0.120. The number of amides is 2. The van der Waals surface area contributed by atoms with E-state index in [9.17, 15) is 14.4 Å². The molecule has 2 amide bonds. The first-order chi connectivity index (χ1) is 16.7. The number of hydrogen-bond acceptors (Lipinski definition) is 7. The Bertz CT molecular complexity index is 1520. The average Bonchev–Trinajstić information content (AvgIpc) is 2.82. The summed E-state index contributed by atoms with van der Waals surface area (Å²) in [6.07, 6.45) is 4.57. The van der Waals surface area contributed by atoms with Crippen molar-refractivity contribution >= 4 is 28.9 Å². The number of rotatable bonds is 6. The van der Waals surface area contributed by atoms with E-state index in [4.69, 9.17) is 11.5 Å². The third-order valence-corrected chi connectivity index (χ3v) is 5.28. The van der Waals surface area contributed by atoms with Crippen molar-refractivity contribution in [3.63, 3.8) is 0 Å². The zero-order valence-corrected chi connectivity index (χ0v) is 19.1. The molecule has 0 saturated heterocycles. The summed E-state index contributed by atoms with van der Waals surface area (Å²) in [5, 5.41) is 2.99. The van der Waals surface area contributed by atoms with Gasteiger partial charge in [0.1, 0.15) is 11.2 Å². The van der Waals surface area contributed by atoms with Crippen LogP contribution in [0.3, 0.4) is 0 Å². The summed E-state index contributed by atoms with van der Waals surface area (Å²) >= 11 is 0. The zero-order valence-electron chi connectivity index (χ0n) is 19.1. The molecule has 0 spiro atoms. The lowest BCUT2D eigenvalue weighted by atomic mass is 10.1. The van der Waals surface area contributed by atoms with Gasteiger partial charge in [0.25, 0.3) is 5.91 Å². The number of nitrogens with one attached hydrogen (secondary N) is 2. The van der Waals surface area contributed by atoms with Gasteiger partial charge in [-0.25, -0.2) is 9.97 Å². The van der Waals surface area contributed by atoms with Gasteiger partial charge in [-0.2, -0.15) is 0 Å². The number of aryl methyl sites for hydroxylation is 1.